The average molecular weight is 538 g/mol. The number of hydrogen-bond donors (Lipinski definition) is 2. The Kier molecular flexibility index (Phi) is 12.1. The van der Waals surface area contributed by atoms with Crippen LogP contribution < -0.4 is 10.6 Å². The molecule has 7 nitrogen and oxygen atoms in total. The molecule has 1 aliphatic rings. The number of sulfone groups is 1. The van der Waals surface area contributed by atoms with E-state index in [-0.39, 0.29) is 35.8 Å². The molecule has 2 rings (SSSR count). The fourth-order valence-corrected chi connectivity index (χ4v) is 4.02. The molecular weight excluding hydrogens is 501 g/mol. The first-order valence-electron chi connectivity index (χ1n) is 9.99. The summed E-state index contributed by atoms with van der Waals surface area (Å²) in [7, 11) is -1.19. The summed E-state index contributed by atoms with van der Waals surface area (Å²) in [6.45, 7) is 9.11. The molecular formula is C20H36IN5O2S. The van der Waals surface area contributed by atoms with Crippen LogP contribution in [0.3, 0.4) is 0 Å². The molecule has 1 unspecified atom stereocenters. The molecule has 2 N–H and O–H groups in total. The Morgan fingerprint density at radius 3 is 2.34 bits per heavy atom. The molecule has 0 spiro atoms. The van der Waals surface area contributed by atoms with E-state index in [4.69, 9.17) is 0 Å². The zero-order chi connectivity index (χ0) is 20.4. The number of rotatable bonds is 9. The number of aliphatic imine (C=N–C) groups is 1. The van der Waals surface area contributed by atoms with Gasteiger partial charge in [-0.25, -0.2) is 8.42 Å². The molecule has 166 valence electrons. The summed E-state index contributed by atoms with van der Waals surface area (Å²) in [4.78, 5) is 9.20. The lowest BCUT2D eigenvalue weighted by atomic mass is 10.2. The molecule has 1 aliphatic heterocycles. The Bertz CT molecular complexity index is 707. The Balaban J connectivity index is 0.00000420. The summed E-state index contributed by atoms with van der Waals surface area (Å²) in [6, 6.07) is 10.7. The molecule has 1 atom stereocenters. The lowest BCUT2D eigenvalue weighted by molar-refractivity contribution is 0.129. The Morgan fingerprint density at radius 1 is 1.14 bits per heavy atom. The fraction of sp³-hybridized carbons (Fsp3) is 0.650. The first-order chi connectivity index (χ1) is 13.4. The zero-order valence-electron chi connectivity index (χ0n) is 17.8. The van der Waals surface area contributed by atoms with Gasteiger partial charge < -0.3 is 10.6 Å². The van der Waals surface area contributed by atoms with Crippen molar-refractivity contribution in [3.05, 3.63) is 35.9 Å². The van der Waals surface area contributed by atoms with E-state index in [1.807, 2.05) is 6.92 Å². The Hall–Kier alpha value is -0.910. The van der Waals surface area contributed by atoms with Crippen molar-refractivity contribution < 1.29 is 8.42 Å². The molecule has 29 heavy (non-hydrogen) atoms. The van der Waals surface area contributed by atoms with Gasteiger partial charge in [0.15, 0.2) is 5.96 Å². The molecule has 1 aromatic rings. The number of guanidine groups is 1. The number of hydrogen-bond acceptors (Lipinski definition) is 5. The highest BCUT2D eigenvalue weighted by atomic mass is 127. The third-order valence-corrected chi connectivity index (χ3v) is 5.94. The van der Waals surface area contributed by atoms with Gasteiger partial charge in [0, 0.05) is 65.2 Å². The first-order valence-corrected chi connectivity index (χ1v) is 12.1. The molecule has 0 aromatic heterocycles. The van der Waals surface area contributed by atoms with E-state index in [0.29, 0.717) is 6.42 Å². The van der Waals surface area contributed by atoms with Gasteiger partial charge in [-0.2, -0.15) is 0 Å². The molecule has 0 bridgehead atoms. The van der Waals surface area contributed by atoms with Crippen molar-refractivity contribution >= 4 is 39.8 Å². The second-order valence-corrected chi connectivity index (χ2v) is 9.83. The van der Waals surface area contributed by atoms with Crippen LogP contribution in [0.2, 0.25) is 0 Å². The van der Waals surface area contributed by atoms with Crippen LogP contribution in [0.5, 0.6) is 0 Å². The number of benzene rings is 1. The molecule has 0 saturated carbocycles. The maximum atomic E-state index is 11.3. The SMILES string of the molecule is CN=C(NCCN1CCN(Cc2ccccc2)CC1)NC(C)CCS(C)(=O)=O.I. The summed E-state index contributed by atoms with van der Waals surface area (Å²) >= 11 is 0. The smallest absolute Gasteiger partial charge is 0.191 e. The van der Waals surface area contributed by atoms with Gasteiger partial charge in [0.1, 0.15) is 9.84 Å². The fourth-order valence-electron chi connectivity index (χ4n) is 3.24. The van der Waals surface area contributed by atoms with Crippen molar-refractivity contribution in [3.8, 4) is 0 Å². The topological polar surface area (TPSA) is 77.0 Å². The highest BCUT2D eigenvalue weighted by Gasteiger charge is 2.16. The van der Waals surface area contributed by atoms with Gasteiger partial charge in [-0.3, -0.25) is 14.8 Å². The van der Waals surface area contributed by atoms with E-state index in [0.717, 1.165) is 51.8 Å². The largest absolute Gasteiger partial charge is 0.355 e. The van der Waals surface area contributed by atoms with E-state index in [2.05, 4.69) is 55.8 Å². The Morgan fingerprint density at radius 2 is 1.76 bits per heavy atom. The van der Waals surface area contributed by atoms with Crippen molar-refractivity contribution in [1.82, 2.24) is 20.4 Å². The molecule has 1 aromatic carbocycles. The average Bonchev–Trinajstić information content (AvgIpc) is 2.67. The molecule has 9 heteroatoms. The quantitative estimate of drug-likeness (QED) is 0.282. The molecule has 1 heterocycles. The first kappa shape index (κ1) is 26.1. The maximum Gasteiger partial charge on any atom is 0.191 e. The maximum absolute atomic E-state index is 11.3. The van der Waals surface area contributed by atoms with Crippen LogP contribution in [0.15, 0.2) is 35.3 Å². The summed E-state index contributed by atoms with van der Waals surface area (Å²) < 4.78 is 22.6. The molecule has 0 radical (unpaired) electrons. The summed E-state index contributed by atoms with van der Waals surface area (Å²) in [5, 5.41) is 6.59. The molecule has 0 aliphatic carbocycles. The number of halogens is 1. The van der Waals surface area contributed by atoms with Crippen LogP contribution in [-0.2, 0) is 16.4 Å². The van der Waals surface area contributed by atoms with Gasteiger partial charge in [-0.15, -0.1) is 24.0 Å². The van der Waals surface area contributed by atoms with Crippen LogP contribution in [0.4, 0.5) is 0 Å². The van der Waals surface area contributed by atoms with Gasteiger partial charge in [0.25, 0.3) is 0 Å². The minimum Gasteiger partial charge on any atom is -0.355 e. The van der Waals surface area contributed by atoms with Crippen LogP contribution >= 0.6 is 24.0 Å². The van der Waals surface area contributed by atoms with Crippen LogP contribution in [-0.4, -0.2) is 88.5 Å². The van der Waals surface area contributed by atoms with Gasteiger partial charge in [0.05, 0.1) is 5.75 Å². The lowest BCUT2D eigenvalue weighted by Crippen LogP contribution is -2.49. The van der Waals surface area contributed by atoms with Crippen LogP contribution in [0, 0.1) is 0 Å². The molecule has 1 fully saturated rings. The van der Waals surface area contributed by atoms with Crippen molar-refractivity contribution in [2.45, 2.75) is 25.9 Å². The van der Waals surface area contributed by atoms with Crippen LogP contribution in [0.1, 0.15) is 18.9 Å². The van der Waals surface area contributed by atoms with Crippen LogP contribution in [0.25, 0.3) is 0 Å². The third-order valence-electron chi connectivity index (χ3n) is 4.96. The van der Waals surface area contributed by atoms with E-state index >= 15 is 0 Å². The molecule has 0 amide bonds. The second-order valence-electron chi connectivity index (χ2n) is 7.57. The number of nitrogens with zero attached hydrogens (tertiary/aromatic N) is 3. The summed E-state index contributed by atoms with van der Waals surface area (Å²) in [5.41, 5.74) is 1.37. The minimum atomic E-state index is -2.93. The van der Waals surface area contributed by atoms with Crippen molar-refractivity contribution in [1.29, 1.82) is 0 Å². The van der Waals surface area contributed by atoms with Crippen molar-refractivity contribution in [3.63, 3.8) is 0 Å². The predicted octanol–water partition coefficient (Wildman–Crippen LogP) is 1.41. The minimum absolute atomic E-state index is 0. The van der Waals surface area contributed by atoms with E-state index in [9.17, 15) is 8.42 Å². The molecule has 1 saturated heterocycles. The monoisotopic (exact) mass is 537 g/mol. The summed E-state index contributed by atoms with van der Waals surface area (Å²) in [5.74, 6) is 0.912. The van der Waals surface area contributed by atoms with E-state index in [1.165, 1.54) is 11.8 Å². The van der Waals surface area contributed by atoms with Gasteiger partial charge in [-0.05, 0) is 18.9 Å². The number of nitrogens with one attached hydrogen (secondary N) is 2. The van der Waals surface area contributed by atoms with E-state index in [1.54, 1.807) is 7.05 Å². The summed E-state index contributed by atoms with van der Waals surface area (Å²) in [6.07, 6.45) is 1.84. The van der Waals surface area contributed by atoms with Gasteiger partial charge >= 0.3 is 0 Å². The highest BCUT2D eigenvalue weighted by molar-refractivity contribution is 14.0. The predicted molar refractivity (Wildman–Crippen MR) is 132 cm³/mol. The normalized spacial score (nSPS) is 17.4. The van der Waals surface area contributed by atoms with Gasteiger partial charge in [0.2, 0.25) is 0 Å². The number of piperazine rings is 1. The second kappa shape index (κ2) is 13.4. The van der Waals surface area contributed by atoms with Gasteiger partial charge in [-0.1, -0.05) is 30.3 Å². The lowest BCUT2D eigenvalue weighted by Gasteiger charge is -2.34. The van der Waals surface area contributed by atoms with E-state index < -0.39 is 9.84 Å². The standard InChI is InChI=1S/C20H35N5O2S.HI/c1-18(9-16-28(3,26)27)23-20(21-2)22-10-11-24-12-14-25(15-13-24)17-19-7-5-4-6-8-19;/h4-8,18H,9-17H2,1-3H3,(H2,21,22,23);1H. The zero-order valence-corrected chi connectivity index (χ0v) is 20.9. The highest BCUT2D eigenvalue weighted by Crippen LogP contribution is 2.08. The Labute approximate surface area is 193 Å². The third kappa shape index (κ3) is 11.2. The van der Waals surface area contributed by atoms with Crippen molar-refractivity contribution in [2.75, 3.05) is 58.3 Å². The van der Waals surface area contributed by atoms with Crippen molar-refractivity contribution in [2.24, 2.45) is 4.99 Å².